The maximum Gasteiger partial charge on any atom is 0.340 e. The van der Waals surface area contributed by atoms with Crippen LogP contribution in [0, 0.1) is 0 Å². The normalized spacial score (nSPS) is 8.56. The van der Waals surface area contributed by atoms with Crippen molar-refractivity contribution in [3.63, 3.8) is 0 Å². The number of esters is 1. The van der Waals surface area contributed by atoms with Gasteiger partial charge in [-0.05, 0) is 37.4 Å². The van der Waals surface area contributed by atoms with Crippen LogP contribution in [-0.4, -0.2) is 13.1 Å². The molecule has 0 N–H and O–H groups in total. The Morgan fingerprint density at radius 1 is 1.12 bits per heavy atom. The van der Waals surface area contributed by atoms with Gasteiger partial charge in [-0.3, -0.25) is 0 Å². The van der Waals surface area contributed by atoms with E-state index in [-0.39, 0.29) is 5.97 Å². The monoisotopic (exact) mass is 348 g/mol. The lowest BCUT2D eigenvalue weighted by Crippen LogP contribution is -2.04. The molecular formula is C12H14Br2O2. The second-order valence-corrected chi connectivity index (χ2v) is 5.14. The number of ether oxygens (including phenoxy) is 1. The molecule has 0 unspecified atom stereocenters. The zero-order chi connectivity index (χ0) is 12.6. The van der Waals surface area contributed by atoms with Crippen LogP contribution in [0.5, 0.6) is 0 Å². The standard InChI is InChI=1S/C10H8Br2O2.C2H6/c1-14-10(13)8(9(11)12)7-5-3-2-4-6-7;1-2/h2-6H,1H3;1-2H3. The number of halogens is 2. The summed E-state index contributed by atoms with van der Waals surface area (Å²) in [4.78, 5) is 11.4. The van der Waals surface area contributed by atoms with Crippen LogP contribution < -0.4 is 0 Å². The van der Waals surface area contributed by atoms with Crippen LogP contribution >= 0.6 is 31.9 Å². The summed E-state index contributed by atoms with van der Waals surface area (Å²) < 4.78 is 5.26. The lowest BCUT2D eigenvalue weighted by molar-refractivity contribution is -0.133. The van der Waals surface area contributed by atoms with Gasteiger partial charge in [-0.1, -0.05) is 44.2 Å². The lowest BCUT2D eigenvalue weighted by atomic mass is 10.1. The summed E-state index contributed by atoms with van der Waals surface area (Å²) in [6.07, 6.45) is 0. The second-order valence-electron chi connectivity index (χ2n) is 2.49. The largest absolute Gasteiger partial charge is 0.465 e. The van der Waals surface area contributed by atoms with E-state index >= 15 is 0 Å². The van der Waals surface area contributed by atoms with Crippen LogP contribution in [0.3, 0.4) is 0 Å². The second kappa shape index (κ2) is 8.53. The van der Waals surface area contributed by atoms with Crippen molar-refractivity contribution in [2.24, 2.45) is 0 Å². The van der Waals surface area contributed by atoms with Crippen LogP contribution in [0.15, 0.2) is 33.7 Å². The highest BCUT2D eigenvalue weighted by Crippen LogP contribution is 2.28. The Balaban J connectivity index is 0.00000106. The summed E-state index contributed by atoms with van der Waals surface area (Å²) in [5.74, 6) is -0.375. The number of carbonyl (C=O) groups is 1. The maximum atomic E-state index is 11.4. The fraction of sp³-hybridized carbons (Fsp3) is 0.250. The van der Waals surface area contributed by atoms with E-state index in [9.17, 15) is 4.79 Å². The quantitative estimate of drug-likeness (QED) is 0.586. The molecule has 0 aliphatic carbocycles. The molecule has 1 rings (SSSR count). The lowest BCUT2D eigenvalue weighted by Gasteiger charge is -2.05. The molecule has 16 heavy (non-hydrogen) atoms. The van der Waals surface area contributed by atoms with E-state index in [1.165, 1.54) is 7.11 Å². The molecule has 0 fully saturated rings. The topological polar surface area (TPSA) is 26.3 Å². The third kappa shape index (κ3) is 4.49. The third-order valence-corrected chi connectivity index (χ3v) is 2.43. The summed E-state index contributed by atoms with van der Waals surface area (Å²) in [6.45, 7) is 4.00. The van der Waals surface area contributed by atoms with Gasteiger partial charge in [-0.25, -0.2) is 4.79 Å². The SMILES string of the molecule is CC.COC(=O)C(=C(Br)Br)c1ccccc1. The zero-order valence-electron chi connectivity index (χ0n) is 9.46. The van der Waals surface area contributed by atoms with Crippen LogP contribution in [-0.2, 0) is 9.53 Å². The molecule has 88 valence electrons. The molecule has 4 heteroatoms. The number of methoxy groups -OCH3 is 1. The van der Waals surface area contributed by atoms with E-state index in [4.69, 9.17) is 0 Å². The van der Waals surface area contributed by atoms with Gasteiger partial charge in [0.1, 0.15) is 0 Å². The summed E-state index contributed by atoms with van der Waals surface area (Å²) in [6, 6.07) is 9.30. The Bertz CT molecular complexity index is 355. The number of carbonyl (C=O) groups excluding carboxylic acids is 1. The number of rotatable bonds is 2. The van der Waals surface area contributed by atoms with E-state index in [0.717, 1.165) is 5.56 Å². The summed E-state index contributed by atoms with van der Waals surface area (Å²) in [5.41, 5.74) is 1.29. The van der Waals surface area contributed by atoms with Crippen molar-refractivity contribution < 1.29 is 9.53 Å². The van der Waals surface area contributed by atoms with Crippen LogP contribution in [0.1, 0.15) is 19.4 Å². The molecule has 0 aromatic heterocycles. The van der Waals surface area contributed by atoms with Gasteiger partial charge in [-0.2, -0.15) is 0 Å². The molecule has 0 aliphatic rings. The molecule has 1 aromatic carbocycles. The summed E-state index contributed by atoms with van der Waals surface area (Å²) in [7, 11) is 1.36. The van der Waals surface area contributed by atoms with Gasteiger partial charge in [0.05, 0.1) is 16.1 Å². The van der Waals surface area contributed by atoms with Crippen LogP contribution in [0.4, 0.5) is 0 Å². The van der Waals surface area contributed by atoms with E-state index in [1.807, 2.05) is 44.2 Å². The van der Waals surface area contributed by atoms with E-state index in [2.05, 4.69) is 36.6 Å². The molecule has 1 aromatic rings. The average Bonchev–Trinajstić information content (AvgIpc) is 2.32. The molecule has 0 saturated carbocycles. The maximum absolute atomic E-state index is 11.4. The molecule has 0 saturated heterocycles. The Morgan fingerprint density at radius 3 is 2.00 bits per heavy atom. The fourth-order valence-electron chi connectivity index (χ4n) is 1.01. The van der Waals surface area contributed by atoms with Crippen LogP contribution in [0.2, 0.25) is 0 Å². The zero-order valence-corrected chi connectivity index (χ0v) is 12.6. The van der Waals surface area contributed by atoms with E-state index < -0.39 is 0 Å². The van der Waals surface area contributed by atoms with Gasteiger partial charge in [0.2, 0.25) is 0 Å². The van der Waals surface area contributed by atoms with Crippen molar-refractivity contribution in [3.05, 3.63) is 39.3 Å². The minimum absolute atomic E-state index is 0.375. The molecule has 2 nitrogen and oxygen atoms in total. The summed E-state index contributed by atoms with van der Waals surface area (Å²) in [5, 5.41) is 0. The van der Waals surface area contributed by atoms with Crippen molar-refractivity contribution in [3.8, 4) is 0 Å². The predicted molar refractivity (Wildman–Crippen MR) is 74.6 cm³/mol. The first-order valence-electron chi connectivity index (χ1n) is 4.86. The highest BCUT2D eigenvalue weighted by Gasteiger charge is 2.14. The minimum atomic E-state index is -0.375. The van der Waals surface area contributed by atoms with Gasteiger partial charge < -0.3 is 4.74 Å². The van der Waals surface area contributed by atoms with Gasteiger partial charge >= 0.3 is 5.97 Å². The van der Waals surface area contributed by atoms with Crippen molar-refractivity contribution >= 4 is 43.4 Å². The third-order valence-electron chi connectivity index (χ3n) is 1.64. The van der Waals surface area contributed by atoms with E-state index in [1.54, 1.807) is 0 Å². The Morgan fingerprint density at radius 2 is 1.62 bits per heavy atom. The highest BCUT2D eigenvalue weighted by molar-refractivity contribution is 9.28. The van der Waals surface area contributed by atoms with Gasteiger partial charge in [0, 0.05) is 0 Å². The fourth-order valence-corrected chi connectivity index (χ4v) is 1.79. The van der Waals surface area contributed by atoms with Crippen molar-refractivity contribution in [1.29, 1.82) is 0 Å². The molecule has 0 heterocycles. The Labute approximate surface area is 113 Å². The molecule has 0 bridgehead atoms. The first-order valence-corrected chi connectivity index (χ1v) is 6.44. The Hall–Kier alpha value is -0.610. The number of hydrogen-bond donors (Lipinski definition) is 0. The molecular weight excluding hydrogens is 336 g/mol. The summed E-state index contributed by atoms with van der Waals surface area (Å²) >= 11 is 6.43. The van der Waals surface area contributed by atoms with Gasteiger partial charge in [0.15, 0.2) is 0 Å². The Kier molecular flexibility index (Phi) is 8.21. The van der Waals surface area contributed by atoms with Gasteiger partial charge in [0.25, 0.3) is 0 Å². The first kappa shape index (κ1) is 15.4. The molecule has 0 atom stereocenters. The predicted octanol–water partition coefficient (Wildman–Crippen LogP) is 4.34. The number of benzene rings is 1. The molecule has 0 spiro atoms. The first-order chi connectivity index (χ1) is 7.66. The highest BCUT2D eigenvalue weighted by atomic mass is 79.9. The van der Waals surface area contributed by atoms with Crippen molar-refractivity contribution in [2.45, 2.75) is 13.8 Å². The van der Waals surface area contributed by atoms with Gasteiger partial charge in [-0.15, -0.1) is 0 Å². The van der Waals surface area contributed by atoms with E-state index in [0.29, 0.717) is 8.96 Å². The smallest absolute Gasteiger partial charge is 0.340 e. The van der Waals surface area contributed by atoms with Crippen molar-refractivity contribution in [1.82, 2.24) is 0 Å². The molecule has 0 aliphatic heterocycles. The average molecular weight is 350 g/mol. The number of hydrogen-bond acceptors (Lipinski definition) is 2. The minimum Gasteiger partial charge on any atom is -0.465 e. The van der Waals surface area contributed by atoms with Crippen molar-refractivity contribution in [2.75, 3.05) is 7.11 Å². The molecule has 0 amide bonds. The van der Waals surface area contributed by atoms with Crippen LogP contribution in [0.25, 0.3) is 5.57 Å². The molecule has 0 radical (unpaired) electrons.